The molecule has 0 amide bonds. The van der Waals surface area contributed by atoms with Crippen molar-refractivity contribution < 1.29 is 14.6 Å². The number of benzene rings is 2. The van der Waals surface area contributed by atoms with Gasteiger partial charge in [0.2, 0.25) is 0 Å². The van der Waals surface area contributed by atoms with E-state index in [9.17, 15) is 5.11 Å². The van der Waals surface area contributed by atoms with Gasteiger partial charge in [-0.05, 0) is 23.3 Å². The molecule has 2 aromatic carbocycles. The van der Waals surface area contributed by atoms with Crippen LogP contribution in [0.3, 0.4) is 0 Å². The summed E-state index contributed by atoms with van der Waals surface area (Å²) < 4.78 is 10.5. The van der Waals surface area contributed by atoms with Crippen LogP contribution >= 0.6 is 0 Å². The predicted octanol–water partition coefficient (Wildman–Crippen LogP) is 2.38. The van der Waals surface area contributed by atoms with Crippen molar-refractivity contribution in [2.75, 3.05) is 33.5 Å². The molecule has 0 radical (unpaired) electrons. The van der Waals surface area contributed by atoms with E-state index in [0.29, 0.717) is 13.2 Å². The third-order valence-corrected chi connectivity index (χ3v) is 4.42. The topological polar surface area (TPSA) is 50.7 Å². The number of hydrogen-bond acceptors (Lipinski definition) is 4. The van der Waals surface area contributed by atoms with Gasteiger partial charge in [0.25, 0.3) is 0 Å². The monoisotopic (exact) mass is 313 g/mol. The van der Waals surface area contributed by atoms with E-state index in [0.717, 1.165) is 12.3 Å². The number of methoxy groups -OCH3 is 1. The van der Waals surface area contributed by atoms with Crippen LogP contribution in [0.2, 0.25) is 0 Å². The third kappa shape index (κ3) is 3.55. The number of nitrogens with one attached hydrogen (secondary N) is 1. The second-order valence-electron chi connectivity index (χ2n) is 6.15. The first-order valence-corrected chi connectivity index (χ1v) is 7.87. The van der Waals surface area contributed by atoms with Crippen LogP contribution in [-0.4, -0.2) is 38.6 Å². The van der Waals surface area contributed by atoms with E-state index in [1.165, 1.54) is 11.1 Å². The SMILES string of the molecule is COc1ccc(C(NCC2(CO)COC2)c2ccccc2)cc1. The standard InChI is InChI=1S/C19H23NO3/c1-22-17-9-7-16(8-10-17)18(15-5-3-2-4-6-15)20-11-19(12-21)13-23-14-19/h2-10,18,20-21H,11-14H2,1H3. The van der Waals surface area contributed by atoms with Crippen molar-refractivity contribution in [1.82, 2.24) is 5.32 Å². The van der Waals surface area contributed by atoms with Gasteiger partial charge in [0.1, 0.15) is 5.75 Å². The van der Waals surface area contributed by atoms with Gasteiger partial charge in [0, 0.05) is 6.54 Å². The summed E-state index contributed by atoms with van der Waals surface area (Å²) in [6.07, 6.45) is 0. The molecule has 1 unspecified atom stereocenters. The number of hydrogen-bond donors (Lipinski definition) is 2. The number of aliphatic hydroxyl groups excluding tert-OH is 1. The number of aliphatic hydroxyl groups is 1. The maximum absolute atomic E-state index is 9.62. The van der Waals surface area contributed by atoms with E-state index in [1.807, 2.05) is 30.3 Å². The minimum atomic E-state index is -0.153. The normalized spacial score (nSPS) is 17.3. The van der Waals surface area contributed by atoms with Crippen molar-refractivity contribution in [2.45, 2.75) is 6.04 Å². The Bertz CT molecular complexity index is 603. The van der Waals surface area contributed by atoms with Crippen molar-refractivity contribution in [1.29, 1.82) is 0 Å². The molecule has 3 rings (SSSR count). The summed E-state index contributed by atoms with van der Waals surface area (Å²) in [7, 11) is 1.67. The molecule has 1 fully saturated rings. The Hall–Kier alpha value is -1.88. The molecule has 0 spiro atoms. The quantitative estimate of drug-likeness (QED) is 0.824. The minimum Gasteiger partial charge on any atom is -0.497 e. The Morgan fingerprint density at radius 1 is 1.09 bits per heavy atom. The van der Waals surface area contributed by atoms with Crippen LogP contribution in [0.4, 0.5) is 0 Å². The van der Waals surface area contributed by atoms with E-state index < -0.39 is 0 Å². The molecule has 2 aromatic rings. The minimum absolute atomic E-state index is 0.0751. The summed E-state index contributed by atoms with van der Waals surface area (Å²) >= 11 is 0. The lowest BCUT2D eigenvalue weighted by atomic mass is 9.86. The van der Waals surface area contributed by atoms with E-state index >= 15 is 0 Å². The van der Waals surface area contributed by atoms with Crippen molar-refractivity contribution in [2.24, 2.45) is 5.41 Å². The van der Waals surface area contributed by atoms with Crippen LogP contribution < -0.4 is 10.1 Å². The molecule has 1 aliphatic rings. The summed E-state index contributed by atoms with van der Waals surface area (Å²) in [6.45, 7) is 2.08. The van der Waals surface area contributed by atoms with Gasteiger partial charge < -0.3 is 19.9 Å². The first kappa shape index (κ1) is 16.0. The molecule has 1 aliphatic heterocycles. The fraction of sp³-hybridized carbons (Fsp3) is 0.368. The molecule has 1 saturated heterocycles. The van der Waals surface area contributed by atoms with Crippen molar-refractivity contribution in [3.05, 3.63) is 65.7 Å². The van der Waals surface area contributed by atoms with Gasteiger partial charge in [0.05, 0.1) is 38.4 Å². The second kappa shape index (κ2) is 7.13. The van der Waals surface area contributed by atoms with Crippen molar-refractivity contribution in [3.8, 4) is 5.75 Å². The first-order valence-electron chi connectivity index (χ1n) is 7.87. The van der Waals surface area contributed by atoms with Crippen LogP contribution in [0.1, 0.15) is 17.2 Å². The fourth-order valence-electron chi connectivity index (χ4n) is 2.83. The molecule has 23 heavy (non-hydrogen) atoms. The molecule has 1 atom stereocenters. The zero-order valence-electron chi connectivity index (χ0n) is 13.4. The lowest BCUT2D eigenvalue weighted by Crippen LogP contribution is -2.52. The molecule has 4 heteroatoms. The maximum Gasteiger partial charge on any atom is 0.118 e. The molecule has 0 saturated carbocycles. The third-order valence-electron chi connectivity index (χ3n) is 4.42. The van der Waals surface area contributed by atoms with Crippen LogP contribution in [0.15, 0.2) is 54.6 Å². The fourth-order valence-corrected chi connectivity index (χ4v) is 2.83. The van der Waals surface area contributed by atoms with Crippen LogP contribution in [0, 0.1) is 5.41 Å². The Morgan fingerprint density at radius 2 is 1.74 bits per heavy atom. The maximum atomic E-state index is 9.62. The Labute approximate surface area is 137 Å². The Kier molecular flexibility index (Phi) is 4.96. The summed E-state index contributed by atoms with van der Waals surface area (Å²) in [5, 5.41) is 13.2. The highest BCUT2D eigenvalue weighted by molar-refractivity contribution is 5.35. The lowest BCUT2D eigenvalue weighted by Gasteiger charge is -2.41. The van der Waals surface area contributed by atoms with Crippen molar-refractivity contribution >= 4 is 0 Å². The van der Waals surface area contributed by atoms with Crippen molar-refractivity contribution in [3.63, 3.8) is 0 Å². The van der Waals surface area contributed by atoms with Gasteiger partial charge in [-0.1, -0.05) is 42.5 Å². The lowest BCUT2D eigenvalue weighted by molar-refractivity contribution is -0.134. The van der Waals surface area contributed by atoms with Gasteiger partial charge >= 0.3 is 0 Å². The molecular weight excluding hydrogens is 290 g/mol. The highest BCUT2D eigenvalue weighted by Gasteiger charge is 2.38. The van der Waals surface area contributed by atoms with E-state index in [2.05, 4.69) is 29.6 Å². The summed E-state index contributed by atoms with van der Waals surface area (Å²) in [5.74, 6) is 0.847. The van der Waals surface area contributed by atoms with Crippen LogP contribution in [0.25, 0.3) is 0 Å². The van der Waals surface area contributed by atoms with E-state index in [1.54, 1.807) is 7.11 Å². The van der Waals surface area contributed by atoms with E-state index in [-0.39, 0.29) is 18.1 Å². The molecule has 122 valence electrons. The predicted molar refractivity (Wildman–Crippen MR) is 89.6 cm³/mol. The number of ether oxygens (including phenoxy) is 2. The summed E-state index contributed by atoms with van der Waals surface area (Å²) in [5.41, 5.74) is 2.22. The number of rotatable bonds is 7. The smallest absolute Gasteiger partial charge is 0.118 e. The largest absolute Gasteiger partial charge is 0.497 e. The highest BCUT2D eigenvalue weighted by Crippen LogP contribution is 2.29. The van der Waals surface area contributed by atoms with Crippen LogP contribution in [-0.2, 0) is 4.74 Å². The second-order valence-corrected chi connectivity index (χ2v) is 6.15. The summed E-state index contributed by atoms with van der Waals surface area (Å²) in [6, 6.07) is 18.5. The molecule has 0 bridgehead atoms. The summed E-state index contributed by atoms with van der Waals surface area (Å²) in [4.78, 5) is 0. The molecule has 1 heterocycles. The molecule has 4 nitrogen and oxygen atoms in total. The highest BCUT2D eigenvalue weighted by atomic mass is 16.5. The molecule has 0 aliphatic carbocycles. The molecule has 0 aromatic heterocycles. The van der Waals surface area contributed by atoms with Crippen LogP contribution in [0.5, 0.6) is 5.75 Å². The Balaban J connectivity index is 1.81. The zero-order valence-corrected chi connectivity index (χ0v) is 13.4. The van der Waals surface area contributed by atoms with Gasteiger partial charge in [-0.15, -0.1) is 0 Å². The van der Waals surface area contributed by atoms with Gasteiger partial charge in [0.15, 0.2) is 0 Å². The Morgan fingerprint density at radius 3 is 2.26 bits per heavy atom. The van der Waals surface area contributed by atoms with Gasteiger partial charge in [-0.3, -0.25) is 0 Å². The van der Waals surface area contributed by atoms with E-state index in [4.69, 9.17) is 9.47 Å². The van der Waals surface area contributed by atoms with Gasteiger partial charge in [-0.25, -0.2) is 0 Å². The first-order chi connectivity index (χ1) is 11.3. The molecular formula is C19H23NO3. The molecule has 2 N–H and O–H groups in total. The van der Waals surface area contributed by atoms with Gasteiger partial charge in [-0.2, -0.15) is 0 Å². The zero-order chi connectivity index (χ0) is 16.1. The average Bonchev–Trinajstić information content (AvgIpc) is 2.58. The average molecular weight is 313 g/mol.